The number of rotatable bonds is 71. The van der Waals surface area contributed by atoms with Gasteiger partial charge in [-0.3, -0.25) is 0 Å². The van der Waals surface area contributed by atoms with Crippen molar-refractivity contribution in [3.05, 3.63) is 267 Å². The Kier molecular flexibility index (Phi) is 45.8. The van der Waals surface area contributed by atoms with E-state index in [-0.39, 0.29) is 0 Å². The maximum Gasteiger partial charge on any atom is 0.127 e. The Morgan fingerprint density at radius 2 is 0.329 bits per heavy atom. The van der Waals surface area contributed by atoms with Crippen molar-refractivity contribution in [2.24, 2.45) is 20.5 Å². The molecule has 0 unspecified atom stereocenters. The summed E-state index contributed by atoms with van der Waals surface area (Å²) in [5, 5.41) is 33.7. The zero-order valence-corrected chi connectivity index (χ0v) is 85.2. The second kappa shape index (κ2) is 61.4. The third kappa shape index (κ3) is 33.4. The first-order chi connectivity index (χ1) is 69.6. The van der Waals surface area contributed by atoms with Crippen molar-refractivity contribution in [3.8, 4) is 67.9 Å². The van der Waals surface area contributed by atoms with Crippen LogP contribution in [0.1, 0.15) is 335 Å². The molecule has 10 nitrogen and oxygen atoms in total. The van der Waals surface area contributed by atoms with E-state index in [4.69, 9.17) is 48.9 Å². The van der Waals surface area contributed by atoms with Gasteiger partial charge in [0.05, 0.1) is 62.4 Å². The highest BCUT2D eigenvalue weighted by atomic mass is 16.5. The molecule has 10 heteroatoms. The molecule has 14 aromatic carbocycles. The van der Waals surface area contributed by atoms with E-state index in [0.29, 0.717) is 26.4 Å². The van der Waals surface area contributed by atoms with E-state index in [0.717, 1.165) is 190 Å². The zero-order chi connectivity index (χ0) is 95.9. The topological polar surface area (TPSA) is 105 Å². The molecular weight excluding hydrogens is 1710 g/mol. The molecule has 0 fully saturated rings. The van der Waals surface area contributed by atoms with Gasteiger partial charge in [0.15, 0.2) is 0 Å². The van der Waals surface area contributed by atoms with Crippen molar-refractivity contribution >= 4 is 87.4 Å². The molecule has 0 spiro atoms. The summed E-state index contributed by atoms with van der Waals surface area (Å²) in [6.07, 6.45) is 64.5. The Hall–Kier alpha value is -11.4. The van der Waals surface area contributed by atoms with Crippen LogP contribution in [0.4, 0.5) is 22.7 Å². The molecule has 0 amide bonds. The van der Waals surface area contributed by atoms with Crippen LogP contribution in [0.25, 0.3) is 98.0 Å². The standard InChI is InChI=1S/C130H162N4O6/c1-3-5-7-9-11-13-15-17-19-21-23-25-29-37-43-61-99-137-121-93-79-105-67-49-55-73-115(105)127(121)129-117-75-57-51-69-107(117)81-95-123(129)139-101-63-45-39-33-27-31-35-41-59-97-135-111-87-83-109(84-88-111)131-133-119-91-77-103-65-47-53-71-113(103)125(119)126-114-72-54-48-66-104(114)78-92-120(126)134-132-110-85-89-112(90-86-110)136-98-60-42-36-32-28-34-40-46-64-102-140-124-96-82-108-70-52-58-76-118(108)130(124)128-116-74-56-50-68-106(116)80-94-122(128)138-100-62-44-38-30-26-24-22-20-18-16-14-12-10-8-6-4-2/h47-58,65-96H,3-46,59-64,97-102H2,1-2H3. The van der Waals surface area contributed by atoms with Gasteiger partial charge in [-0.25, -0.2) is 0 Å². The lowest BCUT2D eigenvalue weighted by Gasteiger charge is -2.20. The average Bonchev–Trinajstić information content (AvgIpc) is 0.780. The quantitative estimate of drug-likeness (QED) is 0.0278. The maximum atomic E-state index is 6.81. The van der Waals surface area contributed by atoms with Gasteiger partial charge in [-0.05, 0) is 188 Å². The molecule has 0 aliphatic heterocycles. The van der Waals surface area contributed by atoms with Crippen LogP contribution in [-0.2, 0) is 0 Å². The normalized spacial score (nSPS) is 11.8. The van der Waals surface area contributed by atoms with Gasteiger partial charge in [0.25, 0.3) is 0 Å². The van der Waals surface area contributed by atoms with Crippen molar-refractivity contribution in [1.29, 1.82) is 0 Å². The van der Waals surface area contributed by atoms with E-state index < -0.39 is 0 Å². The van der Waals surface area contributed by atoms with Crippen molar-refractivity contribution in [1.82, 2.24) is 0 Å². The number of fused-ring (bicyclic) bond motifs is 6. The molecule has 0 saturated heterocycles. The van der Waals surface area contributed by atoms with E-state index in [1.807, 2.05) is 48.5 Å². The number of ether oxygens (including phenoxy) is 6. The second-order valence-corrected chi connectivity index (χ2v) is 39.5. The van der Waals surface area contributed by atoms with Crippen LogP contribution in [0.2, 0.25) is 0 Å². The Morgan fingerprint density at radius 1 is 0.150 bits per heavy atom. The van der Waals surface area contributed by atoms with Crippen LogP contribution in [0.3, 0.4) is 0 Å². The Bertz CT molecular complexity index is 5630. The highest BCUT2D eigenvalue weighted by Crippen LogP contribution is 2.50. The number of benzene rings is 14. The fourth-order valence-electron chi connectivity index (χ4n) is 20.5. The minimum Gasteiger partial charge on any atom is -0.494 e. The summed E-state index contributed by atoms with van der Waals surface area (Å²) in [4.78, 5) is 0. The Labute approximate surface area is 840 Å². The van der Waals surface area contributed by atoms with E-state index in [9.17, 15) is 0 Å². The largest absolute Gasteiger partial charge is 0.494 e. The Balaban J connectivity index is 0.472. The molecule has 738 valence electrons. The molecule has 0 aliphatic rings. The van der Waals surface area contributed by atoms with Gasteiger partial charge >= 0.3 is 0 Å². The SMILES string of the molecule is CCCCCCCCCCCCCCCCCCOc1ccc2ccccc2c1-c1c(OCCCCCCCCCCCOc2ccc(N=Nc3ccc4ccccc4c3-c3c(N=Nc4ccc(OCCCCCCCCCCCOc5ccc6ccccc6c5-c5c(OCCCCCCCCCCCCCCCCCC)ccc6ccccc56)cc4)ccc4ccccc34)cc2)ccc2ccccc12. The van der Waals surface area contributed by atoms with Gasteiger partial charge in [-0.2, -0.15) is 10.2 Å². The van der Waals surface area contributed by atoms with Crippen molar-refractivity contribution in [2.45, 2.75) is 335 Å². The predicted molar refractivity (Wildman–Crippen MR) is 597 cm³/mol. The maximum absolute atomic E-state index is 6.81. The van der Waals surface area contributed by atoms with Gasteiger partial charge in [0.2, 0.25) is 0 Å². The summed E-state index contributed by atoms with van der Waals surface area (Å²) < 4.78 is 39.8. The lowest BCUT2D eigenvalue weighted by Crippen LogP contribution is -2.02. The molecule has 14 aromatic rings. The highest BCUT2D eigenvalue weighted by molar-refractivity contribution is 6.14. The van der Waals surface area contributed by atoms with Crippen LogP contribution in [0.5, 0.6) is 34.5 Å². The van der Waals surface area contributed by atoms with Gasteiger partial charge in [-0.15, -0.1) is 10.2 Å². The highest BCUT2D eigenvalue weighted by Gasteiger charge is 2.24. The number of hydrogen-bond acceptors (Lipinski definition) is 10. The van der Waals surface area contributed by atoms with E-state index in [1.165, 1.54) is 300 Å². The van der Waals surface area contributed by atoms with Gasteiger partial charge in [0, 0.05) is 33.4 Å². The summed E-state index contributed by atoms with van der Waals surface area (Å²) in [6, 6.07) is 94.0. The molecule has 140 heavy (non-hydrogen) atoms. The van der Waals surface area contributed by atoms with E-state index >= 15 is 0 Å². The first-order valence-electron chi connectivity index (χ1n) is 55.5. The minimum absolute atomic E-state index is 0.684. The van der Waals surface area contributed by atoms with E-state index in [1.54, 1.807) is 0 Å². The van der Waals surface area contributed by atoms with Crippen LogP contribution in [-0.4, -0.2) is 39.6 Å². The van der Waals surface area contributed by atoms with Crippen molar-refractivity contribution in [3.63, 3.8) is 0 Å². The third-order valence-electron chi connectivity index (χ3n) is 28.5. The van der Waals surface area contributed by atoms with Crippen molar-refractivity contribution in [2.75, 3.05) is 39.6 Å². The fourth-order valence-corrected chi connectivity index (χ4v) is 20.5. The molecule has 0 radical (unpaired) electrons. The summed E-state index contributed by atoms with van der Waals surface area (Å²) in [6.45, 7) is 8.79. The summed E-state index contributed by atoms with van der Waals surface area (Å²) in [5.41, 5.74) is 9.46. The Morgan fingerprint density at radius 3 is 0.543 bits per heavy atom. The molecule has 0 saturated carbocycles. The second-order valence-electron chi connectivity index (χ2n) is 39.5. The van der Waals surface area contributed by atoms with Gasteiger partial charge in [-0.1, -0.05) is 478 Å². The number of azo groups is 2. The van der Waals surface area contributed by atoms with E-state index in [2.05, 4.69) is 232 Å². The summed E-state index contributed by atoms with van der Waals surface area (Å²) >= 11 is 0. The van der Waals surface area contributed by atoms with Crippen molar-refractivity contribution < 1.29 is 28.4 Å². The average molecular weight is 1880 g/mol. The zero-order valence-electron chi connectivity index (χ0n) is 85.2. The first kappa shape index (κ1) is 104. The smallest absolute Gasteiger partial charge is 0.127 e. The molecule has 0 aromatic heterocycles. The molecule has 0 bridgehead atoms. The minimum atomic E-state index is 0.684. The summed E-state index contributed by atoms with van der Waals surface area (Å²) in [5.74, 6) is 5.44. The van der Waals surface area contributed by atoms with Crippen LogP contribution < -0.4 is 28.4 Å². The lowest BCUT2D eigenvalue weighted by molar-refractivity contribution is 0.301. The molecule has 0 heterocycles. The third-order valence-corrected chi connectivity index (χ3v) is 28.5. The van der Waals surface area contributed by atoms with Gasteiger partial charge in [0.1, 0.15) is 34.5 Å². The fraction of sp³-hybridized carbons (Fsp3) is 0.446. The number of unbranched alkanes of at least 4 members (excludes halogenated alkanes) is 46. The first-order valence-corrected chi connectivity index (χ1v) is 55.5. The monoisotopic (exact) mass is 1880 g/mol. The summed E-state index contributed by atoms with van der Waals surface area (Å²) in [7, 11) is 0. The molecule has 14 rings (SSSR count). The molecule has 0 atom stereocenters. The molecule has 0 aliphatic carbocycles. The van der Waals surface area contributed by atoms with Crippen LogP contribution >= 0.6 is 0 Å². The molecular formula is C130H162N4O6. The lowest BCUT2D eigenvalue weighted by atomic mass is 9.91. The number of nitrogens with zero attached hydrogens (tertiary/aromatic N) is 4. The van der Waals surface area contributed by atoms with Gasteiger partial charge < -0.3 is 28.4 Å². The molecule has 0 N–H and O–H groups in total. The van der Waals surface area contributed by atoms with Crippen LogP contribution in [0, 0.1) is 0 Å². The van der Waals surface area contributed by atoms with Crippen LogP contribution in [0.15, 0.2) is 287 Å². The number of hydrogen-bond donors (Lipinski definition) is 0. The predicted octanol–water partition coefficient (Wildman–Crippen LogP) is 41.7.